The number of hydrogen-bond acceptors (Lipinski definition) is 7. The van der Waals surface area contributed by atoms with Crippen molar-refractivity contribution < 1.29 is 23.1 Å². The second-order valence-corrected chi connectivity index (χ2v) is 12.1. The molecule has 0 saturated carbocycles. The second kappa shape index (κ2) is 13.1. The van der Waals surface area contributed by atoms with Crippen LogP contribution in [-0.4, -0.2) is 64.3 Å². The van der Waals surface area contributed by atoms with E-state index in [0.29, 0.717) is 24.6 Å². The third-order valence-corrected chi connectivity index (χ3v) is 8.63. The minimum atomic E-state index is -4.21. The summed E-state index contributed by atoms with van der Waals surface area (Å²) in [7, 11) is -4.21. The molecule has 12 nitrogen and oxygen atoms in total. The summed E-state index contributed by atoms with van der Waals surface area (Å²) in [6.07, 6.45) is 5.87. The topological polar surface area (TPSA) is 171 Å². The second-order valence-electron chi connectivity index (χ2n) is 10.4. The van der Waals surface area contributed by atoms with E-state index in [9.17, 15) is 23.1 Å². The predicted octanol–water partition coefficient (Wildman–Crippen LogP) is 3.71. The number of hydrogen-bond donors (Lipinski definition) is 5. The van der Waals surface area contributed by atoms with Crippen LogP contribution in [0.1, 0.15) is 27.9 Å². The number of benzene rings is 3. The number of amides is 1. The fraction of sp³-hybridized carbons (Fsp3) is 0.226. The minimum Gasteiger partial charge on any atom is -0.480 e. The number of rotatable bonds is 13. The Bertz CT molecular complexity index is 1860. The molecule has 0 radical (unpaired) electrons. The summed E-state index contributed by atoms with van der Waals surface area (Å²) < 4.78 is 30.5. The number of nitrogens with one attached hydrogen (secondary N) is 4. The Morgan fingerprint density at radius 3 is 2.48 bits per heavy atom. The zero-order chi connectivity index (χ0) is 31.3. The molecule has 0 spiro atoms. The first-order valence-corrected chi connectivity index (χ1v) is 15.5. The zero-order valence-corrected chi connectivity index (χ0v) is 25.1. The molecule has 44 heavy (non-hydrogen) atoms. The summed E-state index contributed by atoms with van der Waals surface area (Å²) in [5.74, 6) is -1.25. The van der Waals surface area contributed by atoms with Crippen molar-refractivity contribution >= 4 is 38.8 Å². The fourth-order valence-electron chi connectivity index (χ4n) is 5.07. The maximum absolute atomic E-state index is 13.2. The lowest BCUT2D eigenvalue weighted by Gasteiger charge is -2.18. The summed E-state index contributed by atoms with van der Waals surface area (Å²) in [5.41, 5.74) is 4.48. The van der Waals surface area contributed by atoms with Crippen LogP contribution in [0.4, 0.5) is 5.95 Å². The van der Waals surface area contributed by atoms with E-state index in [1.807, 2.05) is 48.9 Å². The highest BCUT2D eigenvalue weighted by Gasteiger charge is 2.27. The standard InChI is InChI=1S/C31H33N7O5S/c1-20-15-25(16-21(2)28(20)22-7-4-3-5-8-22)44(42,43)37-26(30(40)41)19-35-29(39)23-9-10-27-24(17-23)18-36-38(27)14-6-11-32-31-33-12-13-34-31/h3-5,7-10,12-13,15-18,26,37H,6,11,14,19H2,1-2H3,(H,35,39)(H,40,41)(H2,32,33,34)/t26-/m0/s1. The maximum Gasteiger partial charge on any atom is 0.323 e. The highest BCUT2D eigenvalue weighted by atomic mass is 32.2. The van der Waals surface area contributed by atoms with Crippen LogP contribution in [0.5, 0.6) is 0 Å². The van der Waals surface area contributed by atoms with Gasteiger partial charge in [0.25, 0.3) is 5.91 Å². The van der Waals surface area contributed by atoms with Crippen LogP contribution in [0, 0.1) is 13.8 Å². The predicted molar refractivity (Wildman–Crippen MR) is 167 cm³/mol. The molecule has 13 heteroatoms. The van der Waals surface area contributed by atoms with Crippen LogP contribution in [-0.2, 0) is 21.4 Å². The van der Waals surface area contributed by atoms with Gasteiger partial charge in [0.1, 0.15) is 6.04 Å². The number of aliphatic carboxylic acids is 1. The van der Waals surface area contributed by atoms with Crippen molar-refractivity contribution in [3.8, 4) is 11.1 Å². The number of sulfonamides is 1. The van der Waals surface area contributed by atoms with Gasteiger partial charge in [0.05, 0.1) is 16.6 Å². The van der Waals surface area contributed by atoms with Crippen molar-refractivity contribution in [1.82, 2.24) is 29.8 Å². The Morgan fingerprint density at radius 2 is 1.80 bits per heavy atom. The lowest BCUT2D eigenvalue weighted by atomic mass is 9.96. The van der Waals surface area contributed by atoms with E-state index < -0.39 is 34.5 Å². The Labute approximate surface area is 254 Å². The van der Waals surface area contributed by atoms with Gasteiger partial charge in [0.2, 0.25) is 10.0 Å². The SMILES string of the molecule is Cc1cc(S(=O)(=O)N[C@@H](CNC(=O)c2ccc3c(cnn3CCCNc3ncc[nH]3)c2)C(=O)O)cc(C)c1-c1ccccc1. The molecule has 2 heterocycles. The van der Waals surface area contributed by atoms with Crippen LogP contribution >= 0.6 is 0 Å². The summed E-state index contributed by atoms with van der Waals surface area (Å²) in [5, 5.41) is 20.6. The lowest BCUT2D eigenvalue weighted by Crippen LogP contribution is -2.48. The van der Waals surface area contributed by atoms with Gasteiger partial charge in [-0.3, -0.25) is 14.3 Å². The lowest BCUT2D eigenvalue weighted by molar-refractivity contribution is -0.138. The van der Waals surface area contributed by atoms with Crippen molar-refractivity contribution in [2.24, 2.45) is 0 Å². The smallest absolute Gasteiger partial charge is 0.323 e. The summed E-state index contributed by atoms with van der Waals surface area (Å²) in [6, 6.07) is 16.1. The molecule has 0 aliphatic carbocycles. The molecule has 3 aromatic carbocycles. The van der Waals surface area contributed by atoms with Crippen LogP contribution in [0.15, 0.2) is 84.1 Å². The van der Waals surface area contributed by atoms with Gasteiger partial charge in [-0.1, -0.05) is 30.3 Å². The van der Waals surface area contributed by atoms with Gasteiger partial charge in [0.15, 0.2) is 5.95 Å². The van der Waals surface area contributed by atoms with Crippen LogP contribution < -0.4 is 15.4 Å². The number of anilines is 1. The highest BCUT2D eigenvalue weighted by molar-refractivity contribution is 7.89. The van der Waals surface area contributed by atoms with Gasteiger partial charge < -0.3 is 20.7 Å². The fourth-order valence-corrected chi connectivity index (χ4v) is 6.43. The molecule has 228 valence electrons. The number of nitrogens with zero attached hydrogens (tertiary/aromatic N) is 3. The number of carbonyl (C=O) groups is 2. The Balaban J connectivity index is 1.21. The molecule has 1 atom stereocenters. The quantitative estimate of drug-likeness (QED) is 0.125. The molecule has 0 saturated heterocycles. The molecular formula is C31H33N7O5S. The van der Waals surface area contributed by atoms with Gasteiger partial charge in [-0.25, -0.2) is 13.4 Å². The monoisotopic (exact) mass is 615 g/mol. The normalized spacial score (nSPS) is 12.2. The highest BCUT2D eigenvalue weighted by Crippen LogP contribution is 2.29. The van der Waals surface area contributed by atoms with E-state index in [-0.39, 0.29) is 4.90 Å². The van der Waals surface area contributed by atoms with Crippen LogP contribution in [0.25, 0.3) is 22.0 Å². The first-order valence-electron chi connectivity index (χ1n) is 14.0. The molecule has 0 aliphatic rings. The van der Waals surface area contributed by atoms with Gasteiger partial charge in [-0.15, -0.1) is 0 Å². The molecule has 0 fully saturated rings. The van der Waals surface area contributed by atoms with Gasteiger partial charge in [0, 0.05) is 43.0 Å². The summed E-state index contributed by atoms with van der Waals surface area (Å²) in [6.45, 7) is 4.51. The molecule has 5 N–H and O–H groups in total. The number of imidazole rings is 1. The molecule has 0 aliphatic heterocycles. The summed E-state index contributed by atoms with van der Waals surface area (Å²) in [4.78, 5) is 31.9. The molecule has 1 amide bonds. The Kier molecular flexibility index (Phi) is 9.07. The van der Waals surface area contributed by atoms with Crippen molar-refractivity contribution in [2.75, 3.05) is 18.4 Å². The number of aromatic nitrogens is 4. The van der Waals surface area contributed by atoms with Crippen LogP contribution in [0.3, 0.4) is 0 Å². The molecule has 0 bridgehead atoms. The number of carboxylic acid groups (broad SMARTS) is 1. The molecular weight excluding hydrogens is 582 g/mol. The van der Waals surface area contributed by atoms with Crippen molar-refractivity contribution in [3.05, 3.63) is 95.9 Å². The molecule has 0 unspecified atom stereocenters. The van der Waals surface area contributed by atoms with E-state index in [2.05, 4.69) is 30.4 Å². The van der Waals surface area contributed by atoms with Crippen molar-refractivity contribution in [2.45, 2.75) is 37.8 Å². The molecule has 5 rings (SSSR count). The van der Waals surface area contributed by atoms with Gasteiger partial charge in [-0.05, 0) is 72.9 Å². The van der Waals surface area contributed by atoms with Crippen molar-refractivity contribution in [1.29, 1.82) is 0 Å². The number of carboxylic acids is 1. The van der Waals surface area contributed by atoms with E-state index >= 15 is 0 Å². The molecule has 2 aromatic heterocycles. The van der Waals surface area contributed by atoms with E-state index in [1.54, 1.807) is 36.8 Å². The van der Waals surface area contributed by atoms with Crippen molar-refractivity contribution in [3.63, 3.8) is 0 Å². The third-order valence-electron chi connectivity index (χ3n) is 7.18. The van der Waals surface area contributed by atoms with E-state index in [1.165, 1.54) is 12.1 Å². The largest absolute Gasteiger partial charge is 0.480 e. The maximum atomic E-state index is 13.2. The van der Waals surface area contributed by atoms with Crippen LogP contribution in [0.2, 0.25) is 0 Å². The number of aryl methyl sites for hydroxylation is 3. The third kappa shape index (κ3) is 6.96. The van der Waals surface area contributed by atoms with E-state index in [0.717, 1.165) is 39.6 Å². The first-order chi connectivity index (χ1) is 21.1. The minimum absolute atomic E-state index is 0.0519. The average Bonchev–Trinajstić information content (AvgIpc) is 3.67. The zero-order valence-electron chi connectivity index (χ0n) is 24.2. The van der Waals surface area contributed by atoms with Gasteiger partial charge in [-0.2, -0.15) is 9.82 Å². The average molecular weight is 616 g/mol. The number of aromatic amines is 1. The number of H-pyrrole nitrogens is 1. The molecule has 5 aromatic rings. The van der Waals surface area contributed by atoms with Gasteiger partial charge >= 0.3 is 5.97 Å². The number of fused-ring (bicyclic) bond motifs is 1. The van der Waals surface area contributed by atoms with E-state index in [4.69, 9.17) is 0 Å². The summed E-state index contributed by atoms with van der Waals surface area (Å²) >= 11 is 0. The first kappa shape index (κ1) is 30.4. The Morgan fingerprint density at radius 1 is 1.05 bits per heavy atom. The number of carbonyl (C=O) groups excluding carboxylic acids is 1. The Hall–Kier alpha value is -5.01.